The summed E-state index contributed by atoms with van der Waals surface area (Å²) >= 11 is 0. The van der Waals surface area contributed by atoms with Gasteiger partial charge in [0.2, 0.25) is 5.91 Å². The highest BCUT2D eigenvalue weighted by molar-refractivity contribution is 6.03. The number of benzene rings is 3. The van der Waals surface area contributed by atoms with Gasteiger partial charge in [0.05, 0.1) is 25.6 Å². The molecular weight excluding hydrogens is 404 g/mol. The highest BCUT2D eigenvalue weighted by Gasteiger charge is 2.42. The Balaban J connectivity index is 1.62. The molecule has 2 atom stereocenters. The molecule has 0 fully saturated rings. The number of carbonyl (C=O) groups excluding carboxylic acids is 3. The van der Waals surface area contributed by atoms with Crippen molar-refractivity contribution in [3.05, 3.63) is 101 Å². The first kappa shape index (κ1) is 21.3. The Morgan fingerprint density at radius 2 is 1.59 bits per heavy atom. The van der Waals surface area contributed by atoms with Crippen molar-refractivity contribution in [2.75, 3.05) is 20.7 Å². The molecule has 0 radical (unpaired) electrons. The lowest BCUT2D eigenvalue weighted by Gasteiger charge is -2.39. The number of fused-ring (bicyclic) bond motifs is 1. The van der Waals surface area contributed by atoms with E-state index in [2.05, 4.69) is 5.32 Å². The summed E-state index contributed by atoms with van der Waals surface area (Å²) in [4.78, 5) is 40.6. The number of methoxy groups -OCH3 is 1. The van der Waals surface area contributed by atoms with Gasteiger partial charge in [-0.1, -0.05) is 48.5 Å². The molecule has 1 aliphatic rings. The molecule has 2 amide bonds. The van der Waals surface area contributed by atoms with Crippen LogP contribution in [-0.2, 0) is 4.79 Å². The van der Waals surface area contributed by atoms with Crippen LogP contribution in [0.4, 0.5) is 0 Å². The van der Waals surface area contributed by atoms with E-state index in [4.69, 9.17) is 4.74 Å². The number of hydrogen-bond acceptors (Lipinski definition) is 4. The summed E-state index contributed by atoms with van der Waals surface area (Å²) < 4.78 is 5.12. The van der Waals surface area contributed by atoms with E-state index in [1.165, 1.54) is 0 Å². The number of ether oxygens (including phenoxy) is 1. The molecule has 0 bridgehead atoms. The van der Waals surface area contributed by atoms with Gasteiger partial charge >= 0.3 is 0 Å². The number of nitrogens with zero attached hydrogens (tertiary/aromatic N) is 1. The second-order valence-corrected chi connectivity index (χ2v) is 7.71. The maximum Gasteiger partial charge on any atom is 0.254 e. The third kappa shape index (κ3) is 3.99. The minimum Gasteiger partial charge on any atom is -0.497 e. The van der Waals surface area contributed by atoms with Crippen molar-refractivity contribution in [1.82, 2.24) is 10.2 Å². The summed E-state index contributed by atoms with van der Waals surface area (Å²) in [7, 11) is 3.27. The predicted molar refractivity (Wildman–Crippen MR) is 121 cm³/mol. The van der Waals surface area contributed by atoms with E-state index in [1.807, 2.05) is 42.5 Å². The number of hydrogen-bond donors (Lipinski definition) is 1. The van der Waals surface area contributed by atoms with Gasteiger partial charge in [0, 0.05) is 18.2 Å². The molecule has 6 heteroatoms. The number of nitrogens with one attached hydrogen (secondary N) is 1. The van der Waals surface area contributed by atoms with Crippen molar-refractivity contribution in [2.24, 2.45) is 0 Å². The van der Waals surface area contributed by atoms with Gasteiger partial charge in [-0.2, -0.15) is 0 Å². The van der Waals surface area contributed by atoms with Crippen LogP contribution < -0.4 is 10.1 Å². The zero-order valence-electron chi connectivity index (χ0n) is 17.9. The Labute approximate surface area is 186 Å². The highest BCUT2D eigenvalue weighted by atomic mass is 16.5. The standard InChI is InChI=1S/C26H24N2O4/c1-28-24(18-8-4-3-5-9-18)23(20-10-6-7-11-21(20)26(28)31)25(30)27-16-22(29)17-12-14-19(32-2)15-13-17/h3-15,23-24H,16H2,1-2H3,(H,27,30). The average molecular weight is 428 g/mol. The van der Waals surface area contributed by atoms with Crippen LogP contribution in [0.15, 0.2) is 78.9 Å². The Kier molecular flexibility index (Phi) is 6.03. The highest BCUT2D eigenvalue weighted by Crippen LogP contribution is 2.41. The second-order valence-electron chi connectivity index (χ2n) is 7.71. The lowest BCUT2D eigenvalue weighted by atomic mass is 9.79. The first-order valence-electron chi connectivity index (χ1n) is 10.4. The van der Waals surface area contributed by atoms with Crippen LogP contribution in [-0.4, -0.2) is 43.2 Å². The van der Waals surface area contributed by atoms with Gasteiger partial charge in [-0.05, 0) is 41.5 Å². The summed E-state index contributed by atoms with van der Waals surface area (Å²) in [6.45, 7) is -0.136. The zero-order chi connectivity index (χ0) is 22.7. The topological polar surface area (TPSA) is 75.7 Å². The van der Waals surface area contributed by atoms with Crippen molar-refractivity contribution in [3.8, 4) is 5.75 Å². The van der Waals surface area contributed by atoms with Crippen LogP contribution in [0.25, 0.3) is 0 Å². The summed E-state index contributed by atoms with van der Waals surface area (Å²) in [6, 6.07) is 22.9. The third-order valence-corrected chi connectivity index (χ3v) is 5.84. The monoisotopic (exact) mass is 428 g/mol. The summed E-state index contributed by atoms with van der Waals surface area (Å²) in [6.07, 6.45) is 0. The molecule has 1 heterocycles. The van der Waals surface area contributed by atoms with E-state index in [9.17, 15) is 14.4 Å². The van der Waals surface area contributed by atoms with Crippen molar-refractivity contribution in [3.63, 3.8) is 0 Å². The van der Waals surface area contributed by atoms with E-state index in [0.29, 0.717) is 22.4 Å². The molecule has 2 unspecified atom stereocenters. The molecule has 6 nitrogen and oxygen atoms in total. The van der Waals surface area contributed by atoms with Crippen LogP contribution in [0.3, 0.4) is 0 Å². The van der Waals surface area contributed by atoms with Crippen LogP contribution >= 0.6 is 0 Å². The van der Waals surface area contributed by atoms with Crippen LogP contribution in [0.1, 0.15) is 43.8 Å². The number of carbonyl (C=O) groups is 3. The van der Waals surface area contributed by atoms with Crippen molar-refractivity contribution in [2.45, 2.75) is 12.0 Å². The summed E-state index contributed by atoms with van der Waals surface area (Å²) in [5, 5.41) is 2.80. The van der Waals surface area contributed by atoms with Crippen LogP contribution in [0, 0.1) is 0 Å². The number of likely N-dealkylation sites (N-methyl/N-ethyl adjacent to an activating group) is 1. The van der Waals surface area contributed by atoms with E-state index < -0.39 is 12.0 Å². The molecule has 162 valence electrons. The fraction of sp³-hybridized carbons (Fsp3) is 0.192. The van der Waals surface area contributed by atoms with Crippen LogP contribution in [0.5, 0.6) is 5.75 Å². The smallest absolute Gasteiger partial charge is 0.254 e. The average Bonchev–Trinajstić information content (AvgIpc) is 2.85. The SMILES string of the molecule is COc1ccc(C(=O)CNC(=O)C2c3ccccc3C(=O)N(C)C2c2ccccc2)cc1. The van der Waals surface area contributed by atoms with Crippen molar-refractivity contribution >= 4 is 17.6 Å². The molecule has 32 heavy (non-hydrogen) atoms. The summed E-state index contributed by atoms with van der Waals surface area (Å²) in [5.74, 6) is -0.617. The molecule has 1 N–H and O–H groups in total. The molecule has 3 aromatic rings. The molecule has 1 aliphatic heterocycles. The Morgan fingerprint density at radius 3 is 2.28 bits per heavy atom. The number of amides is 2. The number of rotatable bonds is 6. The fourth-order valence-corrected chi connectivity index (χ4v) is 4.18. The molecule has 0 aromatic heterocycles. The van der Waals surface area contributed by atoms with Gasteiger partial charge in [-0.3, -0.25) is 14.4 Å². The molecule has 4 rings (SSSR count). The van der Waals surface area contributed by atoms with Crippen molar-refractivity contribution in [1.29, 1.82) is 0 Å². The van der Waals surface area contributed by atoms with Gasteiger partial charge < -0.3 is 15.0 Å². The first-order valence-corrected chi connectivity index (χ1v) is 10.4. The number of ketones is 1. The first-order chi connectivity index (χ1) is 15.5. The minimum absolute atomic E-state index is 0.132. The Hall–Kier alpha value is -3.93. The predicted octanol–water partition coefficient (Wildman–Crippen LogP) is 3.60. The van der Waals surface area contributed by atoms with E-state index in [1.54, 1.807) is 55.5 Å². The normalized spacial score (nSPS) is 17.4. The quantitative estimate of drug-likeness (QED) is 0.609. The summed E-state index contributed by atoms with van der Waals surface area (Å²) in [5.41, 5.74) is 2.52. The van der Waals surface area contributed by atoms with Gasteiger partial charge in [0.1, 0.15) is 5.75 Å². The van der Waals surface area contributed by atoms with Gasteiger partial charge in [0.25, 0.3) is 5.91 Å². The Morgan fingerprint density at radius 1 is 0.938 bits per heavy atom. The molecule has 0 saturated carbocycles. The fourth-order valence-electron chi connectivity index (χ4n) is 4.18. The molecule has 0 saturated heterocycles. The third-order valence-electron chi connectivity index (χ3n) is 5.84. The van der Waals surface area contributed by atoms with Crippen molar-refractivity contribution < 1.29 is 19.1 Å². The minimum atomic E-state index is -0.639. The largest absolute Gasteiger partial charge is 0.497 e. The maximum absolute atomic E-state index is 13.4. The molecule has 3 aromatic carbocycles. The lowest BCUT2D eigenvalue weighted by Crippen LogP contribution is -2.46. The van der Waals surface area contributed by atoms with Gasteiger partial charge in [-0.15, -0.1) is 0 Å². The molecular formula is C26H24N2O4. The molecule has 0 spiro atoms. The van der Waals surface area contributed by atoms with Gasteiger partial charge in [-0.25, -0.2) is 0 Å². The van der Waals surface area contributed by atoms with E-state index >= 15 is 0 Å². The maximum atomic E-state index is 13.4. The van der Waals surface area contributed by atoms with E-state index in [-0.39, 0.29) is 24.1 Å². The van der Waals surface area contributed by atoms with E-state index in [0.717, 1.165) is 5.56 Å². The van der Waals surface area contributed by atoms with Crippen LogP contribution in [0.2, 0.25) is 0 Å². The molecule has 0 aliphatic carbocycles. The number of Topliss-reactive ketones (excluding diaryl/α,β-unsaturated/α-hetero) is 1. The lowest BCUT2D eigenvalue weighted by molar-refractivity contribution is -0.123. The van der Waals surface area contributed by atoms with Gasteiger partial charge in [0.15, 0.2) is 5.78 Å². The zero-order valence-corrected chi connectivity index (χ0v) is 17.9. The Bertz CT molecular complexity index is 1140. The second kappa shape index (κ2) is 9.06.